The van der Waals surface area contributed by atoms with E-state index in [0.29, 0.717) is 5.92 Å². The molecule has 1 nitrogen and oxygen atoms in total. The molecule has 1 aromatic rings. The van der Waals surface area contributed by atoms with Gasteiger partial charge in [-0.3, -0.25) is 0 Å². The number of thiophene rings is 1. The highest BCUT2D eigenvalue weighted by molar-refractivity contribution is 9.11. The van der Waals surface area contributed by atoms with E-state index in [2.05, 4.69) is 34.1 Å². The molecule has 0 atom stereocenters. The standard InChI is InChI=1S/C13H17BrOS/c14-13-7-6-12(16-13)8-11(9-15)10-4-2-1-3-5-10/h6-8,10,15H,1-5,9H2. The van der Waals surface area contributed by atoms with E-state index in [1.54, 1.807) is 11.3 Å². The quantitative estimate of drug-likeness (QED) is 0.873. The smallest absolute Gasteiger partial charge is 0.0704 e. The van der Waals surface area contributed by atoms with Gasteiger partial charge in [-0.2, -0.15) is 0 Å². The van der Waals surface area contributed by atoms with E-state index in [1.807, 2.05) is 0 Å². The van der Waals surface area contributed by atoms with Gasteiger partial charge in [-0.15, -0.1) is 11.3 Å². The monoisotopic (exact) mass is 300 g/mol. The Morgan fingerprint density at radius 1 is 1.38 bits per heavy atom. The van der Waals surface area contributed by atoms with Crippen LogP contribution in [0.1, 0.15) is 37.0 Å². The summed E-state index contributed by atoms with van der Waals surface area (Å²) in [6.07, 6.45) is 8.66. The molecule has 0 bridgehead atoms. The summed E-state index contributed by atoms with van der Waals surface area (Å²) in [6.45, 7) is 0.209. The van der Waals surface area contributed by atoms with Crippen LogP contribution in [0.15, 0.2) is 21.5 Å². The summed E-state index contributed by atoms with van der Waals surface area (Å²) in [7, 11) is 0. The molecule has 88 valence electrons. The van der Waals surface area contributed by atoms with E-state index >= 15 is 0 Å². The molecule has 2 rings (SSSR count). The molecule has 1 aliphatic carbocycles. The molecule has 1 heterocycles. The van der Waals surface area contributed by atoms with Gasteiger partial charge in [0.25, 0.3) is 0 Å². The van der Waals surface area contributed by atoms with Crippen molar-refractivity contribution in [1.82, 2.24) is 0 Å². The van der Waals surface area contributed by atoms with E-state index in [4.69, 9.17) is 0 Å². The summed E-state index contributed by atoms with van der Waals surface area (Å²) in [5, 5.41) is 9.47. The zero-order valence-corrected chi connectivity index (χ0v) is 11.7. The number of aliphatic hydroxyl groups excluding tert-OH is 1. The van der Waals surface area contributed by atoms with Gasteiger partial charge in [0, 0.05) is 4.88 Å². The van der Waals surface area contributed by atoms with E-state index in [9.17, 15) is 5.11 Å². The van der Waals surface area contributed by atoms with Gasteiger partial charge >= 0.3 is 0 Å². The predicted molar refractivity (Wildman–Crippen MR) is 73.7 cm³/mol. The Morgan fingerprint density at radius 2 is 2.12 bits per heavy atom. The lowest BCUT2D eigenvalue weighted by molar-refractivity contribution is 0.295. The number of hydrogen-bond acceptors (Lipinski definition) is 2. The molecule has 1 N–H and O–H groups in total. The summed E-state index contributed by atoms with van der Waals surface area (Å²) in [5.74, 6) is 0.611. The lowest BCUT2D eigenvalue weighted by Crippen LogP contribution is -2.11. The minimum Gasteiger partial charge on any atom is -0.392 e. The fourth-order valence-corrected chi connectivity index (χ4v) is 3.76. The molecule has 0 saturated heterocycles. The predicted octanol–water partition coefficient (Wildman–Crippen LogP) is 4.47. The molecule has 0 spiro atoms. The average molecular weight is 301 g/mol. The second-order valence-corrected chi connectivity index (χ2v) is 6.85. The van der Waals surface area contributed by atoms with Gasteiger partial charge < -0.3 is 5.11 Å². The van der Waals surface area contributed by atoms with Crippen LogP contribution in [0.4, 0.5) is 0 Å². The SMILES string of the molecule is OCC(=Cc1ccc(Br)s1)C1CCCCC1. The molecule has 0 radical (unpaired) electrons. The Morgan fingerprint density at radius 3 is 2.69 bits per heavy atom. The third kappa shape index (κ3) is 3.19. The lowest BCUT2D eigenvalue weighted by atomic mass is 9.84. The third-order valence-corrected chi connectivity index (χ3v) is 4.80. The molecule has 16 heavy (non-hydrogen) atoms. The summed E-state index contributed by atoms with van der Waals surface area (Å²) in [5.41, 5.74) is 1.22. The van der Waals surface area contributed by atoms with Crippen molar-refractivity contribution >= 4 is 33.3 Å². The van der Waals surface area contributed by atoms with Crippen molar-refractivity contribution in [3.63, 3.8) is 0 Å². The van der Waals surface area contributed by atoms with E-state index < -0.39 is 0 Å². The van der Waals surface area contributed by atoms with Crippen LogP contribution in [0.3, 0.4) is 0 Å². The second-order valence-electron chi connectivity index (χ2n) is 4.35. The van der Waals surface area contributed by atoms with Crippen molar-refractivity contribution < 1.29 is 5.11 Å². The summed E-state index contributed by atoms with van der Waals surface area (Å²) in [4.78, 5) is 1.24. The number of halogens is 1. The maximum absolute atomic E-state index is 9.47. The molecule has 0 aliphatic heterocycles. The Bertz CT molecular complexity index is 364. The number of hydrogen-bond donors (Lipinski definition) is 1. The fraction of sp³-hybridized carbons (Fsp3) is 0.538. The molecule has 3 heteroatoms. The van der Waals surface area contributed by atoms with Gasteiger partial charge in [0.2, 0.25) is 0 Å². The minimum absolute atomic E-state index is 0.209. The van der Waals surface area contributed by atoms with Crippen LogP contribution < -0.4 is 0 Å². The minimum atomic E-state index is 0.209. The molecule has 1 saturated carbocycles. The van der Waals surface area contributed by atoms with Crippen LogP contribution in [-0.2, 0) is 0 Å². The normalized spacial score (nSPS) is 19.0. The lowest BCUT2D eigenvalue weighted by Gasteiger charge is -2.23. The first kappa shape index (κ1) is 12.3. The Labute approximate surface area is 109 Å². The molecular formula is C13H17BrOS. The maximum Gasteiger partial charge on any atom is 0.0704 e. The molecule has 0 amide bonds. The van der Waals surface area contributed by atoms with Gasteiger partial charge in [0.05, 0.1) is 10.4 Å². The molecule has 1 fully saturated rings. The highest BCUT2D eigenvalue weighted by atomic mass is 79.9. The Hall–Kier alpha value is -0.120. The topological polar surface area (TPSA) is 20.2 Å². The molecule has 1 aliphatic rings. The average Bonchev–Trinajstić information content (AvgIpc) is 2.73. The van der Waals surface area contributed by atoms with Crippen LogP contribution in [0.2, 0.25) is 0 Å². The summed E-state index contributed by atoms with van der Waals surface area (Å²) >= 11 is 5.19. The van der Waals surface area contributed by atoms with Crippen molar-refractivity contribution in [3.05, 3.63) is 26.4 Å². The van der Waals surface area contributed by atoms with Crippen LogP contribution >= 0.6 is 27.3 Å². The van der Waals surface area contributed by atoms with Gasteiger partial charge in [0.1, 0.15) is 0 Å². The van der Waals surface area contributed by atoms with Crippen molar-refractivity contribution in [1.29, 1.82) is 0 Å². The van der Waals surface area contributed by atoms with Crippen molar-refractivity contribution in [3.8, 4) is 0 Å². The zero-order chi connectivity index (χ0) is 11.4. The second kappa shape index (κ2) is 5.99. The van der Waals surface area contributed by atoms with Gasteiger partial charge in [0.15, 0.2) is 0 Å². The molecule has 1 aromatic heterocycles. The number of rotatable bonds is 3. The van der Waals surface area contributed by atoms with Gasteiger partial charge in [-0.25, -0.2) is 0 Å². The van der Waals surface area contributed by atoms with Crippen LogP contribution in [0, 0.1) is 5.92 Å². The first-order valence-corrected chi connectivity index (χ1v) is 7.47. The van der Waals surface area contributed by atoms with Crippen molar-refractivity contribution in [2.45, 2.75) is 32.1 Å². The van der Waals surface area contributed by atoms with E-state index in [0.717, 1.165) is 3.79 Å². The maximum atomic E-state index is 9.47. The molecular weight excluding hydrogens is 284 g/mol. The first-order valence-electron chi connectivity index (χ1n) is 5.86. The summed E-state index contributed by atoms with van der Waals surface area (Å²) < 4.78 is 1.15. The summed E-state index contributed by atoms with van der Waals surface area (Å²) in [6, 6.07) is 4.17. The molecule has 0 aromatic carbocycles. The Kier molecular flexibility index (Phi) is 4.62. The first-order chi connectivity index (χ1) is 7.79. The van der Waals surface area contributed by atoms with Crippen LogP contribution in [0.25, 0.3) is 6.08 Å². The van der Waals surface area contributed by atoms with Crippen molar-refractivity contribution in [2.24, 2.45) is 5.92 Å². The largest absolute Gasteiger partial charge is 0.392 e. The third-order valence-electron chi connectivity index (χ3n) is 3.23. The van der Waals surface area contributed by atoms with E-state index in [1.165, 1.54) is 42.6 Å². The highest BCUT2D eigenvalue weighted by Crippen LogP contribution is 2.32. The Balaban J connectivity index is 2.11. The van der Waals surface area contributed by atoms with Crippen molar-refractivity contribution in [2.75, 3.05) is 6.61 Å². The highest BCUT2D eigenvalue weighted by Gasteiger charge is 2.17. The van der Waals surface area contributed by atoms with Gasteiger partial charge in [-0.05, 0) is 58.5 Å². The van der Waals surface area contributed by atoms with E-state index in [-0.39, 0.29) is 6.61 Å². The van der Waals surface area contributed by atoms with Crippen LogP contribution in [0.5, 0.6) is 0 Å². The fourth-order valence-electron chi connectivity index (χ4n) is 2.35. The number of aliphatic hydroxyl groups is 1. The zero-order valence-electron chi connectivity index (χ0n) is 9.29. The van der Waals surface area contributed by atoms with Crippen LogP contribution in [-0.4, -0.2) is 11.7 Å². The molecule has 0 unspecified atom stereocenters. The van der Waals surface area contributed by atoms with Gasteiger partial charge in [-0.1, -0.05) is 19.3 Å².